The van der Waals surface area contributed by atoms with Crippen LogP contribution in [-0.4, -0.2) is 0 Å². The molecule has 5 aliphatic rings. The lowest BCUT2D eigenvalue weighted by Gasteiger charge is -2.72. The molecule has 0 nitrogen and oxygen atoms in total. The van der Waals surface area contributed by atoms with Crippen LogP contribution in [0.15, 0.2) is 36.5 Å². The molecular formula is C32H50. The van der Waals surface area contributed by atoms with E-state index in [0.29, 0.717) is 33.0 Å². The second-order valence-corrected chi connectivity index (χ2v) is 14.4. The van der Waals surface area contributed by atoms with E-state index in [2.05, 4.69) is 73.8 Å². The van der Waals surface area contributed by atoms with Crippen LogP contribution in [0.5, 0.6) is 0 Å². The molecule has 0 aliphatic heterocycles. The molecule has 32 heavy (non-hydrogen) atoms. The zero-order valence-electron chi connectivity index (χ0n) is 22.3. The van der Waals surface area contributed by atoms with Crippen molar-refractivity contribution in [3.63, 3.8) is 0 Å². The first-order valence-corrected chi connectivity index (χ1v) is 13.8. The fraction of sp³-hybridized carbons (Fsp3) is 0.812. The predicted molar refractivity (Wildman–Crippen MR) is 138 cm³/mol. The van der Waals surface area contributed by atoms with Crippen LogP contribution in [0.25, 0.3) is 0 Å². The quantitative estimate of drug-likeness (QED) is 0.380. The molecule has 0 aromatic heterocycles. The van der Waals surface area contributed by atoms with Gasteiger partial charge in [0.2, 0.25) is 0 Å². The summed E-state index contributed by atoms with van der Waals surface area (Å²) in [6.07, 6.45) is 17.6. The number of rotatable bonds is 2. The van der Waals surface area contributed by atoms with Gasteiger partial charge >= 0.3 is 0 Å². The van der Waals surface area contributed by atoms with Crippen molar-refractivity contribution in [3.05, 3.63) is 36.5 Å². The average Bonchev–Trinajstić information content (AvgIpc) is 3.12. The zero-order valence-corrected chi connectivity index (χ0v) is 22.3. The summed E-state index contributed by atoms with van der Waals surface area (Å²) in [6.45, 7) is 27.0. The summed E-state index contributed by atoms with van der Waals surface area (Å²) >= 11 is 0. The van der Waals surface area contributed by atoms with Crippen LogP contribution in [0.4, 0.5) is 0 Å². The van der Waals surface area contributed by atoms with Gasteiger partial charge in [-0.2, -0.15) is 0 Å². The van der Waals surface area contributed by atoms with Crippen molar-refractivity contribution < 1.29 is 0 Å². The van der Waals surface area contributed by atoms with Gasteiger partial charge < -0.3 is 0 Å². The molecule has 0 spiro atoms. The van der Waals surface area contributed by atoms with E-state index in [1.54, 1.807) is 5.57 Å². The van der Waals surface area contributed by atoms with Crippen LogP contribution >= 0.6 is 0 Å². The zero-order chi connectivity index (χ0) is 23.3. The molecule has 0 amide bonds. The Hall–Kier alpha value is -0.780. The fourth-order valence-electron chi connectivity index (χ4n) is 11.3. The van der Waals surface area contributed by atoms with E-state index < -0.39 is 0 Å². The van der Waals surface area contributed by atoms with E-state index >= 15 is 0 Å². The highest BCUT2D eigenvalue weighted by atomic mass is 14.7. The van der Waals surface area contributed by atoms with Gasteiger partial charge in [-0.25, -0.2) is 0 Å². The molecule has 0 radical (unpaired) electrons. The Morgan fingerprint density at radius 3 is 2.28 bits per heavy atom. The molecule has 4 fully saturated rings. The molecule has 0 saturated heterocycles. The number of hydrogen-bond donors (Lipinski definition) is 0. The topological polar surface area (TPSA) is 0 Å². The van der Waals surface area contributed by atoms with Gasteiger partial charge in [-0.1, -0.05) is 64.5 Å². The lowest BCUT2D eigenvalue weighted by atomic mass is 9.32. The maximum absolute atomic E-state index is 4.50. The van der Waals surface area contributed by atoms with E-state index in [-0.39, 0.29) is 0 Å². The van der Waals surface area contributed by atoms with E-state index in [9.17, 15) is 0 Å². The first-order chi connectivity index (χ1) is 14.9. The highest BCUT2D eigenvalue weighted by molar-refractivity contribution is 5.27. The largest absolute Gasteiger partial charge is 0.103 e. The Morgan fingerprint density at radius 2 is 1.62 bits per heavy atom. The van der Waals surface area contributed by atoms with Gasteiger partial charge in [0.05, 0.1) is 0 Å². The van der Waals surface area contributed by atoms with Gasteiger partial charge in [0, 0.05) is 0 Å². The second-order valence-electron chi connectivity index (χ2n) is 14.4. The summed E-state index contributed by atoms with van der Waals surface area (Å²) < 4.78 is 0. The third kappa shape index (κ3) is 2.57. The minimum atomic E-state index is 0.354. The molecule has 0 bridgehead atoms. The highest BCUT2D eigenvalue weighted by Crippen LogP contribution is 2.77. The van der Waals surface area contributed by atoms with Crippen LogP contribution in [0.1, 0.15) is 106 Å². The van der Waals surface area contributed by atoms with Crippen molar-refractivity contribution in [2.75, 3.05) is 0 Å². The average molecular weight is 435 g/mol. The molecule has 5 aliphatic carbocycles. The minimum absolute atomic E-state index is 0.354. The normalized spacial score (nSPS) is 53.8. The fourth-order valence-corrected chi connectivity index (χ4v) is 11.3. The number of hydrogen-bond acceptors (Lipinski definition) is 0. The molecule has 0 aromatic carbocycles. The van der Waals surface area contributed by atoms with E-state index in [1.807, 2.05) is 0 Å². The van der Waals surface area contributed by atoms with E-state index in [0.717, 1.165) is 23.7 Å². The Bertz CT molecular complexity index is 857. The molecule has 4 saturated carbocycles. The maximum atomic E-state index is 4.50. The highest BCUT2D eigenvalue weighted by Gasteiger charge is 2.69. The van der Waals surface area contributed by atoms with Gasteiger partial charge in [-0.15, -0.1) is 6.58 Å². The van der Waals surface area contributed by atoms with Crippen LogP contribution < -0.4 is 0 Å². The van der Waals surface area contributed by atoms with Crippen LogP contribution in [0.2, 0.25) is 0 Å². The summed E-state index contributed by atoms with van der Waals surface area (Å²) in [5.74, 6) is 4.03. The summed E-state index contributed by atoms with van der Waals surface area (Å²) in [5.41, 5.74) is 5.21. The predicted octanol–water partition coefficient (Wildman–Crippen LogP) is 9.39. The van der Waals surface area contributed by atoms with E-state index in [4.69, 9.17) is 0 Å². The molecule has 178 valence electrons. The van der Waals surface area contributed by atoms with Gasteiger partial charge in [0.15, 0.2) is 0 Å². The van der Waals surface area contributed by atoms with Crippen LogP contribution in [-0.2, 0) is 0 Å². The Balaban J connectivity index is 1.57. The van der Waals surface area contributed by atoms with Gasteiger partial charge in [0.1, 0.15) is 0 Å². The van der Waals surface area contributed by atoms with E-state index in [1.165, 1.54) is 63.4 Å². The first-order valence-electron chi connectivity index (χ1n) is 13.8. The molecule has 0 N–H and O–H groups in total. The van der Waals surface area contributed by atoms with Crippen molar-refractivity contribution in [1.29, 1.82) is 0 Å². The SMILES string of the molecule is C=C[C@]12CC[C@@H](C(=C)C)[C@@H]1[C@H]1CC[C@@H]3[C@@]4(C)CC=C(C)C(C)(C)[C@@H]4CC[C@@]3(C)[C@]1(C)CC2. The Morgan fingerprint density at radius 1 is 0.906 bits per heavy atom. The lowest BCUT2D eigenvalue weighted by Crippen LogP contribution is -2.65. The molecule has 0 unspecified atom stereocenters. The third-order valence-electron chi connectivity index (χ3n) is 13.5. The third-order valence-corrected chi connectivity index (χ3v) is 13.5. The summed E-state index contributed by atoms with van der Waals surface area (Å²) in [5, 5.41) is 0. The Kier molecular flexibility index (Phi) is 4.94. The molecule has 0 heteroatoms. The van der Waals surface area contributed by atoms with Gasteiger partial charge in [0.25, 0.3) is 0 Å². The summed E-state index contributed by atoms with van der Waals surface area (Å²) in [6, 6.07) is 0. The van der Waals surface area contributed by atoms with Crippen LogP contribution in [0, 0.1) is 56.7 Å². The van der Waals surface area contributed by atoms with Crippen LogP contribution in [0.3, 0.4) is 0 Å². The lowest BCUT2D eigenvalue weighted by molar-refractivity contribution is -0.223. The molecule has 0 heterocycles. The monoisotopic (exact) mass is 434 g/mol. The molecule has 9 atom stereocenters. The summed E-state index contributed by atoms with van der Waals surface area (Å²) in [7, 11) is 0. The summed E-state index contributed by atoms with van der Waals surface area (Å²) in [4.78, 5) is 0. The first kappa shape index (κ1) is 23.0. The number of fused-ring (bicyclic) bond motifs is 7. The van der Waals surface area contributed by atoms with Crippen molar-refractivity contribution >= 4 is 0 Å². The maximum Gasteiger partial charge on any atom is -0.00837 e. The van der Waals surface area contributed by atoms with Crippen molar-refractivity contribution in [2.45, 2.75) is 106 Å². The smallest absolute Gasteiger partial charge is 0.00837 e. The van der Waals surface area contributed by atoms with Gasteiger partial charge in [-0.3, -0.25) is 0 Å². The van der Waals surface area contributed by atoms with Gasteiger partial charge in [-0.05, 0) is 128 Å². The molecular weight excluding hydrogens is 384 g/mol. The second kappa shape index (κ2) is 6.88. The molecule has 0 aromatic rings. The Labute approximate surface area is 199 Å². The van der Waals surface area contributed by atoms with Crippen molar-refractivity contribution in [2.24, 2.45) is 56.7 Å². The van der Waals surface area contributed by atoms with Crippen molar-refractivity contribution in [1.82, 2.24) is 0 Å². The number of allylic oxidation sites excluding steroid dienone is 4. The standard InChI is InChI=1S/C32H50/c1-10-32-18-14-23(21(2)3)27(32)24-11-12-26-29(7)16-13-22(4)28(5,6)25(29)15-17-31(26,9)30(24,8)19-20-32/h10,13,23-27H,1-2,11-12,14-20H2,3-9H3/t23-,24+,25-,26+,27+,29-,30+,31+,32+/m0/s1. The minimum Gasteiger partial charge on any atom is -0.103 e. The van der Waals surface area contributed by atoms with Crippen molar-refractivity contribution in [3.8, 4) is 0 Å². The molecule has 5 rings (SSSR count).